The van der Waals surface area contributed by atoms with Crippen molar-refractivity contribution in [1.29, 1.82) is 0 Å². The summed E-state index contributed by atoms with van der Waals surface area (Å²) in [6.45, 7) is 3.52. The molecule has 1 aromatic heterocycles. The number of hydrogen-bond donors (Lipinski definition) is 0. The van der Waals surface area contributed by atoms with Crippen molar-refractivity contribution in [3.8, 4) is 0 Å². The highest BCUT2D eigenvalue weighted by atomic mass is 35.5. The second kappa shape index (κ2) is 7.39. The first-order chi connectivity index (χ1) is 9.74. The van der Waals surface area contributed by atoms with Crippen LogP contribution in [0, 0.1) is 0 Å². The van der Waals surface area contributed by atoms with E-state index in [1.165, 1.54) is 19.3 Å². The molecule has 0 N–H and O–H groups in total. The molecule has 0 unspecified atom stereocenters. The summed E-state index contributed by atoms with van der Waals surface area (Å²) >= 11 is 5.99. The van der Waals surface area contributed by atoms with E-state index in [2.05, 4.69) is 16.9 Å². The minimum Gasteiger partial charge on any atom is -0.295 e. The highest BCUT2D eigenvalue weighted by Crippen LogP contribution is 2.18. The van der Waals surface area contributed by atoms with Crippen LogP contribution in [0.5, 0.6) is 0 Å². The molecule has 0 aromatic carbocycles. The maximum absolute atomic E-state index is 12.5. The van der Waals surface area contributed by atoms with Gasteiger partial charge in [-0.15, -0.1) is 0 Å². The quantitative estimate of drug-likeness (QED) is 0.595. The predicted octanol–water partition coefficient (Wildman–Crippen LogP) is 3.56. The lowest BCUT2D eigenvalue weighted by Crippen LogP contribution is -2.34. The monoisotopic (exact) mass is 293 g/mol. The van der Waals surface area contributed by atoms with Gasteiger partial charge in [0.2, 0.25) is 0 Å². The number of aliphatic imine (C=N–C) groups is 1. The molecule has 1 aromatic rings. The zero-order chi connectivity index (χ0) is 14.4. The number of rotatable bonds is 6. The van der Waals surface area contributed by atoms with Gasteiger partial charge in [0.1, 0.15) is 11.0 Å². The molecule has 0 radical (unpaired) electrons. The zero-order valence-electron chi connectivity index (χ0n) is 11.8. The minimum atomic E-state index is -0.0881. The van der Waals surface area contributed by atoms with Crippen molar-refractivity contribution in [1.82, 2.24) is 9.88 Å². The van der Waals surface area contributed by atoms with Crippen molar-refractivity contribution in [3.05, 3.63) is 29.0 Å². The molecule has 0 fully saturated rings. The van der Waals surface area contributed by atoms with Gasteiger partial charge in [0.05, 0.1) is 12.1 Å². The van der Waals surface area contributed by atoms with Crippen LogP contribution in [0.4, 0.5) is 0 Å². The first kappa shape index (κ1) is 15.0. The molecule has 4 nitrogen and oxygen atoms in total. The average molecular weight is 294 g/mol. The Morgan fingerprint density at radius 2 is 2.25 bits per heavy atom. The summed E-state index contributed by atoms with van der Waals surface area (Å²) in [5.74, 6) is 0.806. The standard InChI is InChI=1S/C15H20ClN3O/c1-2-3-4-5-8-13-17-10-11-19(13)15(20)12-7-6-9-18-14(12)16/h6-7,9H,2-5,8,10-11H2,1H3. The first-order valence-electron chi connectivity index (χ1n) is 7.19. The third-order valence-electron chi connectivity index (χ3n) is 3.42. The van der Waals surface area contributed by atoms with E-state index in [9.17, 15) is 4.79 Å². The van der Waals surface area contributed by atoms with Crippen LogP contribution < -0.4 is 0 Å². The van der Waals surface area contributed by atoms with Crippen molar-refractivity contribution >= 4 is 23.3 Å². The molecule has 5 heteroatoms. The summed E-state index contributed by atoms with van der Waals surface area (Å²) in [5.41, 5.74) is 0.456. The molecular weight excluding hydrogens is 274 g/mol. The van der Waals surface area contributed by atoms with Crippen LogP contribution in [-0.4, -0.2) is 34.7 Å². The Morgan fingerprint density at radius 3 is 3.00 bits per heavy atom. The van der Waals surface area contributed by atoms with Gasteiger partial charge in [0, 0.05) is 19.2 Å². The number of unbranched alkanes of at least 4 members (excludes halogenated alkanes) is 3. The molecule has 0 aliphatic carbocycles. The van der Waals surface area contributed by atoms with E-state index in [1.807, 2.05) is 0 Å². The summed E-state index contributed by atoms with van der Waals surface area (Å²) in [6, 6.07) is 3.44. The molecule has 0 spiro atoms. The Bertz CT molecular complexity index is 502. The molecule has 0 saturated heterocycles. The van der Waals surface area contributed by atoms with Crippen LogP contribution in [0.3, 0.4) is 0 Å². The van der Waals surface area contributed by atoms with Crippen LogP contribution >= 0.6 is 11.6 Å². The van der Waals surface area contributed by atoms with Crippen LogP contribution in [-0.2, 0) is 0 Å². The Labute approximate surface area is 124 Å². The van der Waals surface area contributed by atoms with Gasteiger partial charge in [-0.2, -0.15) is 0 Å². The van der Waals surface area contributed by atoms with Crippen molar-refractivity contribution in [2.24, 2.45) is 4.99 Å². The molecule has 0 atom stereocenters. The fourth-order valence-electron chi connectivity index (χ4n) is 2.33. The molecule has 0 saturated carbocycles. The molecule has 20 heavy (non-hydrogen) atoms. The van der Waals surface area contributed by atoms with Crippen molar-refractivity contribution in [3.63, 3.8) is 0 Å². The number of pyridine rings is 1. The highest BCUT2D eigenvalue weighted by molar-refractivity contribution is 6.33. The van der Waals surface area contributed by atoms with Crippen LogP contribution in [0.2, 0.25) is 5.15 Å². The van der Waals surface area contributed by atoms with Crippen molar-refractivity contribution in [2.45, 2.75) is 39.0 Å². The van der Waals surface area contributed by atoms with Crippen molar-refractivity contribution < 1.29 is 4.79 Å². The number of carbonyl (C=O) groups excluding carboxylic acids is 1. The molecule has 108 valence electrons. The Morgan fingerprint density at radius 1 is 1.40 bits per heavy atom. The van der Waals surface area contributed by atoms with E-state index < -0.39 is 0 Å². The normalized spacial score (nSPS) is 14.5. The number of amides is 1. The maximum atomic E-state index is 12.5. The molecule has 1 aliphatic rings. The third-order valence-corrected chi connectivity index (χ3v) is 3.72. The number of carbonyl (C=O) groups is 1. The summed E-state index contributed by atoms with van der Waals surface area (Å²) in [5, 5.41) is 0.259. The van der Waals surface area contributed by atoms with Gasteiger partial charge in [0.15, 0.2) is 0 Å². The number of amidine groups is 1. The van der Waals surface area contributed by atoms with E-state index in [-0.39, 0.29) is 11.1 Å². The molecule has 1 amide bonds. The van der Waals surface area contributed by atoms with Crippen LogP contribution in [0.1, 0.15) is 49.4 Å². The lowest BCUT2D eigenvalue weighted by Gasteiger charge is -2.18. The van der Waals surface area contributed by atoms with E-state index >= 15 is 0 Å². The van der Waals surface area contributed by atoms with Crippen molar-refractivity contribution in [2.75, 3.05) is 13.1 Å². The Balaban J connectivity index is 1.99. The molecule has 2 heterocycles. The van der Waals surface area contributed by atoms with E-state index in [0.717, 1.165) is 18.7 Å². The molecule has 2 rings (SSSR count). The topological polar surface area (TPSA) is 45.6 Å². The average Bonchev–Trinajstić information content (AvgIpc) is 2.92. The zero-order valence-corrected chi connectivity index (χ0v) is 12.6. The number of aromatic nitrogens is 1. The fourth-order valence-corrected chi connectivity index (χ4v) is 2.53. The largest absolute Gasteiger partial charge is 0.295 e. The minimum absolute atomic E-state index is 0.0881. The molecular formula is C15H20ClN3O. The van der Waals surface area contributed by atoms with Gasteiger partial charge in [-0.1, -0.05) is 37.8 Å². The Kier molecular flexibility index (Phi) is 5.53. The highest BCUT2D eigenvalue weighted by Gasteiger charge is 2.25. The smallest absolute Gasteiger partial charge is 0.262 e. The number of nitrogens with zero attached hydrogens (tertiary/aromatic N) is 3. The van der Waals surface area contributed by atoms with Gasteiger partial charge in [-0.25, -0.2) is 4.98 Å². The third kappa shape index (κ3) is 3.57. The second-order valence-electron chi connectivity index (χ2n) is 4.91. The summed E-state index contributed by atoms with van der Waals surface area (Å²) in [6.07, 6.45) is 7.16. The van der Waals surface area contributed by atoms with E-state index in [1.54, 1.807) is 23.2 Å². The van der Waals surface area contributed by atoms with Gasteiger partial charge < -0.3 is 0 Å². The SMILES string of the molecule is CCCCCCC1=NCCN1C(=O)c1cccnc1Cl. The fraction of sp³-hybridized carbons (Fsp3) is 0.533. The summed E-state index contributed by atoms with van der Waals surface area (Å²) in [7, 11) is 0. The van der Waals surface area contributed by atoms with Gasteiger partial charge in [0.25, 0.3) is 5.91 Å². The van der Waals surface area contributed by atoms with Gasteiger partial charge >= 0.3 is 0 Å². The molecule has 1 aliphatic heterocycles. The lowest BCUT2D eigenvalue weighted by molar-refractivity contribution is 0.0855. The van der Waals surface area contributed by atoms with E-state index in [0.29, 0.717) is 18.7 Å². The second-order valence-corrected chi connectivity index (χ2v) is 5.27. The first-order valence-corrected chi connectivity index (χ1v) is 7.57. The molecule has 0 bridgehead atoms. The summed E-state index contributed by atoms with van der Waals surface area (Å²) < 4.78 is 0. The predicted molar refractivity (Wildman–Crippen MR) is 81.3 cm³/mol. The number of hydrogen-bond acceptors (Lipinski definition) is 3. The number of halogens is 1. The lowest BCUT2D eigenvalue weighted by atomic mass is 10.1. The van der Waals surface area contributed by atoms with Crippen LogP contribution in [0.15, 0.2) is 23.3 Å². The van der Waals surface area contributed by atoms with Gasteiger partial charge in [-0.3, -0.25) is 14.7 Å². The van der Waals surface area contributed by atoms with Crippen LogP contribution in [0.25, 0.3) is 0 Å². The van der Waals surface area contributed by atoms with E-state index in [4.69, 9.17) is 11.6 Å². The Hall–Kier alpha value is -1.42. The summed E-state index contributed by atoms with van der Waals surface area (Å²) in [4.78, 5) is 22.6. The maximum Gasteiger partial charge on any atom is 0.262 e. The van der Waals surface area contributed by atoms with Gasteiger partial charge in [-0.05, 0) is 18.6 Å².